The molecule has 3 heteroatoms. The Morgan fingerprint density at radius 2 is 1.81 bits per heavy atom. The number of piperidine rings is 1. The van der Waals surface area contributed by atoms with Crippen LogP contribution in [-0.4, -0.2) is 37.0 Å². The standard InChI is InChI=1S/C13H24N2O/c1-3-13(4-2)5-7-15(8-6-13)12(16)11-9-14-10-11/h11,14H,3-10H2,1-2H3. The molecule has 2 fully saturated rings. The van der Waals surface area contributed by atoms with Gasteiger partial charge in [-0.25, -0.2) is 0 Å². The van der Waals surface area contributed by atoms with E-state index >= 15 is 0 Å². The summed E-state index contributed by atoms with van der Waals surface area (Å²) >= 11 is 0. The van der Waals surface area contributed by atoms with Gasteiger partial charge in [0.15, 0.2) is 0 Å². The van der Waals surface area contributed by atoms with E-state index in [1.807, 2.05) is 0 Å². The molecule has 92 valence electrons. The molecule has 0 atom stereocenters. The molecule has 3 nitrogen and oxygen atoms in total. The highest BCUT2D eigenvalue weighted by Crippen LogP contribution is 2.38. The summed E-state index contributed by atoms with van der Waals surface area (Å²) in [5, 5.41) is 3.17. The molecule has 2 aliphatic heterocycles. The van der Waals surface area contributed by atoms with Crippen molar-refractivity contribution in [2.75, 3.05) is 26.2 Å². The molecule has 0 radical (unpaired) electrons. The average molecular weight is 224 g/mol. The summed E-state index contributed by atoms with van der Waals surface area (Å²) in [5.74, 6) is 0.662. The van der Waals surface area contributed by atoms with Crippen LogP contribution in [0.5, 0.6) is 0 Å². The van der Waals surface area contributed by atoms with Gasteiger partial charge in [0.25, 0.3) is 0 Å². The molecule has 2 heterocycles. The first-order valence-electron chi connectivity index (χ1n) is 6.70. The zero-order valence-corrected chi connectivity index (χ0v) is 10.6. The molecule has 0 aliphatic carbocycles. The lowest BCUT2D eigenvalue weighted by Crippen LogP contribution is -2.54. The molecule has 2 rings (SSSR count). The van der Waals surface area contributed by atoms with Crippen molar-refractivity contribution in [3.63, 3.8) is 0 Å². The van der Waals surface area contributed by atoms with Gasteiger partial charge in [0.1, 0.15) is 0 Å². The molecule has 0 aromatic carbocycles. The van der Waals surface area contributed by atoms with Gasteiger partial charge in [-0.1, -0.05) is 26.7 Å². The second kappa shape index (κ2) is 4.74. The van der Waals surface area contributed by atoms with E-state index in [9.17, 15) is 4.79 Å². The average Bonchev–Trinajstić information content (AvgIpc) is 2.27. The van der Waals surface area contributed by atoms with Crippen LogP contribution < -0.4 is 5.32 Å². The normalized spacial score (nSPS) is 25.2. The Morgan fingerprint density at radius 3 is 2.19 bits per heavy atom. The maximum atomic E-state index is 12.1. The summed E-state index contributed by atoms with van der Waals surface area (Å²) in [6, 6.07) is 0. The maximum absolute atomic E-state index is 12.1. The number of carbonyl (C=O) groups is 1. The van der Waals surface area contributed by atoms with Crippen LogP contribution in [0.25, 0.3) is 0 Å². The number of nitrogens with one attached hydrogen (secondary N) is 1. The molecule has 2 aliphatic rings. The van der Waals surface area contributed by atoms with E-state index in [0.717, 1.165) is 26.2 Å². The van der Waals surface area contributed by atoms with Crippen molar-refractivity contribution in [3.8, 4) is 0 Å². The van der Waals surface area contributed by atoms with Gasteiger partial charge < -0.3 is 10.2 Å². The Bertz CT molecular complexity index is 247. The van der Waals surface area contributed by atoms with Gasteiger partial charge >= 0.3 is 0 Å². The van der Waals surface area contributed by atoms with Crippen molar-refractivity contribution in [3.05, 3.63) is 0 Å². The van der Waals surface area contributed by atoms with E-state index in [1.54, 1.807) is 0 Å². The summed E-state index contributed by atoms with van der Waals surface area (Å²) in [6.07, 6.45) is 4.92. The van der Waals surface area contributed by atoms with Gasteiger partial charge in [0.05, 0.1) is 5.92 Å². The lowest BCUT2D eigenvalue weighted by molar-refractivity contribution is -0.139. The van der Waals surface area contributed by atoms with Crippen molar-refractivity contribution in [1.29, 1.82) is 0 Å². The largest absolute Gasteiger partial charge is 0.342 e. The fraction of sp³-hybridized carbons (Fsp3) is 0.923. The van der Waals surface area contributed by atoms with Crippen LogP contribution in [0.4, 0.5) is 0 Å². The lowest BCUT2D eigenvalue weighted by Gasteiger charge is -2.43. The maximum Gasteiger partial charge on any atom is 0.228 e. The Hall–Kier alpha value is -0.570. The number of hydrogen-bond acceptors (Lipinski definition) is 2. The number of rotatable bonds is 3. The SMILES string of the molecule is CCC1(CC)CCN(C(=O)C2CNC2)CC1. The van der Waals surface area contributed by atoms with E-state index in [4.69, 9.17) is 0 Å². The molecular formula is C13H24N2O. The van der Waals surface area contributed by atoms with Crippen LogP contribution in [0.15, 0.2) is 0 Å². The van der Waals surface area contributed by atoms with Crippen molar-refractivity contribution in [2.45, 2.75) is 39.5 Å². The number of likely N-dealkylation sites (tertiary alicyclic amines) is 1. The van der Waals surface area contributed by atoms with Crippen molar-refractivity contribution < 1.29 is 4.79 Å². The number of amides is 1. The molecule has 0 bridgehead atoms. The second-order valence-electron chi connectivity index (χ2n) is 5.39. The summed E-state index contributed by atoms with van der Waals surface area (Å²) < 4.78 is 0. The highest BCUT2D eigenvalue weighted by molar-refractivity contribution is 5.80. The topological polar surface area (TPSA) is 32.3 Å². The van der Waals surface area contributed by atoms with Crippen LogP contribution >= 0.6 is 0 Å². The van der Waals surface area contributed by atoms with Gasteiger partial charge in [0.2, 0.25) is 5.91 Å². The zero-order chi connectivity index (χ0) is 11.6. The third-order valence-corrected chi connectivity index (χ3v) is 4.77. The first-order chi connectivity index (χ1) is 7.71. The third-order valence-electron chi connectivity index (χ3n) is 4.77. The van der Waals surface area contributed by atoms with E-state index in [1.165, 1.54) is 25.7 Å². The zero-order valence-electron chi connectivity index (χ0n) is 10.6. The van der Waals surface area contributed by atoms with E-state index in [2.05, 4.69) is 24.1 Å². The molecular weight excluding hydrogens is 200 g/mol. The monoisotopic (exact) mass is 224 g/mol. The van der Waals surface area contributed by atoms with Crippen LogP contribution in [0.3, 0.4) is 0 Å². The highest BCUT2D eigenvalue weighted by atomic mass is 16.2. The van der Waals surface area contributed by atoms with E-state index in [0.29, 0.717) is 11.3 Å². The number of carbonyl (C=O) groups excluding carboxylic acids is 1. The molecule has 16 heavy (non-hydrogen) atoms. The highest BCUT2D eigenvalue weighted by Gasteiger charge is 2.36. The summed E-state index contributed by atoms with van der Waals surface area (Å²) in [7, 11) is 0. The minimum atomic E-state index is 0.274. The molecule has 0 aromatic rings. The Kier molecular flexibility index (Phi) is 3.53. The molecule has 0 saturated carbocycles. The van der Waals surface area contributed by atoms with Gasteiger partial charge in [-0.15, -0.1) is 0 Å². The number of nitrogens with zero attached hydrogens (tertiary/aromatic N) is 1. The predicted octanol–water partition coefficient (Wildman–Crippen LogP) is 1.63. The molecule has 0 spiro atoms. The van der Waals surface area contributed by atoms with Crippen molar-refractivity contribution in [2.24, 2.45) is 11.3 Å². The molecule has 0 aromatic heterocycles. The van der Waals surface area contributed by atoms with Gasteiger partial charge in [-0.05, 0) is 18.3 Å². The summed E-state index contributed by atoms with van der Waals surface area (Å²) in [5.41, 5.74) is 0.522. The van der Waals surface area contributed by atoms with Gasteiger partial charge in [-0.2, -0.15) is 0 Å². The Morgan fingerprint density at radius 1 is 1.25 bits per heavy atom. The fourth-order valence-corrected chi connectivity index (χ4v) is 2.88. The predicted molar refractivity (Wildman–Crippen MR) is 65.2 cm³/mol. The lowest BCUT2D eigenvalue weighted by atomic mass is 9.74. The van der Waals surface area contributed by atoms with Crippen molar-refractivity contribution in [1.82, 2.24) is 10.2 Å². The summed E-state index contributed by atoms with van der Waals surface area (Å²) in [6.45, 7) is 8.33. The first-order valence-corrected chi connectivity index (χ1v) is 6.70. The van der Waals surface area contributed by atoms with E-state index in [-0.39, 0.29) is 5.92 Å². The Labute approximate surface area is 98.6 Å². The van der Waals surface area contributed by atoms with Crippen LogP contribution in [0, 0.1) is 11.3 Å². The second-order valence-corrected chi connectivity index (χ2v) is 5.39. The van der Waals surface area contributed by atoms with Crippen molar-refractivity contribution >= 4 is 5.91 Å². The fourth-order valence-electron chi connectivity index (χ4n) is 2.88. The van der Waals surface area contributed by atoms with Gasteiger partial charge in [-0.3, -0.25) is 4.79 Å². The van der Waals surface area contributed by atoms with Gasteiger partial charge in [0, 0.05) is 26.2 Å². The molecule has 2 saturated heterocycles. The van der Waals surface area contributed by atoms with Crippen LogP contribution in [0.2, 0.25) is 0 Å². The Balaban J connectivity index is 1.86. The smallest absolute Gasteiger partial charge is 0.228 e. The first kappa shape index (κ1) is 11.9. The minimum Gasteiger partial charge on any atom is -0.342 e. The van der Waals surface area contributed by atoms with E-state index < -0.39 is 0 Å². The molecule has 0 unspecified atom stereocenters. The van der Waals surface area contributed by atoms with Crippen LogP contribution in [0.1, 0.15) is 39.5 Å². The number of hydrogen-bond donors (Lipinski definition) is 1. The quantitative estimate of drug-likeness (QED) is 0.790. The third kappa shape index (κ3) is 2.10. The van der Waals surface area contributed by atoms with Crippen LogP contribution in [-0.2, 0) is 4.79 Å². The molecule has 1 N–H and O–H groups in total. The summed E-state index contributed by atoms with van der Waals surface area (Å²) in [4.78, 5) is 14.1. The molecule has 1 amide bonds. The minimum absolute atomic E-state index is 0.274.